The lowest BCUT2D eigenvalue weighted by molar-refractivity contribution is 0.0526. The van der Waals surface area contributed by atoms with Crippen LogP contribution in [0.2, 0.25) is 0 Å². The topological polar surface area (TPSA) is 114 Å². The van der Waals surface area contributed by atoms with Crippen LogP contribution in [0.25, 0.3) is 0 Å². The molecule has 0 amide bonds. The molecule has 0 aliphatic heterocycles. The molecular weight excluding hydrogens is 380 g/mol. The zero-order chi connectivity index (χ0) is 20.1. The molecule has 1 aromatic heterocycles. The lowest BCUT2D eigenvalue weighted by atomic mass is 10.1. The largest absolute Gasteiger partial charge is 0.462 e. The fraction of sp³-hybridized carbons (Fsp3) is 0.211. The second-order valence-electron chi connectivity index (χ2n) is 5.99. The molecule has 0 saturated heterocycles. The van der Waals surface area contributed by atoms with E-state index in [0.29, 0.717) is 17.2 Å². The quantitative estimate of drug-likeness (QED) is 0.589. The van der Waals surface area contributed by atoms with E-state index < -0.39 is 22.0 Å². The molecule has 0 saturated carbocycles. The number of carbonyl (C=O) groups is 1. The fourth-order valence-corrected chi connectivity index (χ4v) is 3.79. The number of carbonyl (C=O) groups excluding carboxylic acids is 1. The van der Waals surface area contributed by atoms with Gasteiger partial charge < -0.3 is 4.74 Å². The van der Waals surface area contributed by atoms with E-state index in [1.165, 1.54) is 24.3 Å². The van der Waals surface area contributed by atoms with E-state index in [2.05, 4.69) is 19.9 Å². The van der Waals surface area contributed by atoms with Crippen molar-refractivity contribution in [3.63, 3.8) is 0 Å². The van der Waals surface area contributed by atoms with Gasteiger partial charge >= 0.3 is 5.97 Å². The summed E-state index contributed by atoms with van der Waals surface area (Å²) in [5, 5.41) is 6.83. The fourth-order valence-electron chi connectivity index (χ4n) is 2.61. The number of benzene rings is 2. The van der Waals surface area contributed by atoms with Gasteiger partial charge in [0, 0.05) is 0 Å². The number of hydrogen-bond donors (Lipinski definition) is 2. The summed E-state index contributed by atoms with van der Waals surface area (Å²) in [5.74, 6) is 0.391. The highest BCUT2D eigenvalue weighted by Crippen LogP contribution is 2.22. The molecule has 0 bridgehead atoms. The molecule has 1 atom stereocenters. The summed E-state index contributed by atoms with van der Waals surface area (Å²) < 4.78 is 33.4. The second kappa shape index (κ2) is 8.32. The predicted molar refractivity (Wildman–Crippen MR) is 102 cm³/mol. The number of ether oxygens (including phenoxy) is 1. The number of hydrogen-bond acceptors (Lipinski definition) is 6. The van der Waals surface area contributed by atoms with Crippen LogP contribution in [-0.2, 0) is 14.8 Å². The van der Waals surface area contributed by atoms with Crippen LogP contribution in [0.15, 0.2) is 59.5 Å². The monoisotopic (exact) mass is 400 g/mol. The Morgan fingerprint density at radius 1 is 1.14 bits per heavy atom. The first kappa shape index (κ1) is 19.7. The summed E-state index contributed by atoms with van der Waals surface area (Å²) >= 11 is 0. The van der Waals surface area contributed by atoms with Gasteiger partial charge in [-0.05, 0) is 43.7 Å². The van der Waals surface area contributed by atoms with Crippen molar-refractivity contribution < 1.29 is 17.9 Å². The average molecular weight is 400 g/mol. The lowest BCUT2D eigenvalue weighted by Gasteiger charge is -2.16. The minimum absolute atomic E-state index is 0.0220. The normalized spacial score (nSPS) is 12.5. The number of esters is 1. The van der Waals surface area contributed by atoms with Crippen LogP contribution in [-0.4, -0.2) is 36.2 Å². The van der Waals surface area contributed by atoms with Crippen molar-refractivity contribution in [1.82, 2.24) is 19.9 Å². The third-order valence-corrected chi connectivity index (χ3v) is 5.39. The van der Waals surface area contributed by atoms with Crippen molar-refractivity contribution in [2.24, 2.45) is 0 Å². The van der Waals surface area contributed by atoms with Crippen molar-refractivity contribution in [1.29, 1.82) is 0 Å². The minimum atomic E-state index is -3.90. The highest BCUT2D eigenvalue weighted by molar-refractivity contribution is 7.89. The lowest BCUT2D eigenvalue weighted by Crippen LogP contribution is -2.30. The number of rotatable bonds is 7. The summed E-state index contributed by atoms with van der Waals surface area (Å²) in [5.41, 5.74) is 0.984. The predicted octanol–water partition coefficient (Wildman–Crippen LogP) is 2.36. The Hall–Kier alpha value is -3.04. The van der Waals surface area contributed by atoms with Crippen LogP contribution in [0.1, 0.15) is 40.5 Å². The van der Waals surface area contributed by atoms with Crippen LogP contribution in [0.5, 0.6) is 0 Å². The van der Waals surface area contributed by atoms with Gasteiger partial charge in [0.15, 0.2) is 5.82 Å². The maximum atomic E-state index is 12.9. The summed E-state index contributed by atoms with van der Waals surface area (Å²) in [4.78, 5) is 16.0. The smallest absolute Gasteiger partial charge is 0.338 e. The van der Waals surface area contributed by atoms with Gasteiger partial charge in [-0.2, -0.15) is 9.82 Å². The summed E-state index contributed by atoms with van der Waals surface area (Å²) in [6.07, 6.45) is 0. The van der Waals surface area contributed by atoms with Crippen molar-refractivity contribution in [2.45, 2.75) is 24.8 Å². The van der Waals surface area contributed by atoms with Crippen molar-refractivity contribution in [2.75, 3.05) is 6.61 Å². The van der Waals surface area contributed by atoms with E-state index in [1.807, 2.05) is 18.2 Å². The minimum Gasteiger partial charge on any atom is -0.462 e. The molecule has 2 aromatic carbocycles. The molecule has 3 aromatic rings. The highest BCUT2D eigenvalue weighted by Gasteiger charge is 2.26. The van der Waals surface area contributed by atoms with E-state index >= 15 is 0 Å². The van der Waals surface area contributed by atoms with Crippen LogP contribution in [0, 0.1) is 6.92 Å². The van der Waals surface area contributed by atoms with E-state index in [9.17, 15) is 13.2 Å². The summed E-state index contributed by atoms with van der Waals surface area (Å²) in [6.45, 7) is 3.69. The summed E-state index contributed by atoms with van der Waals surface area (Å²) in [6, 6.07) is 13.8. The van der Waals surface area contributed by atoms with Crippen LogP contribution < -0.4 is 4.72 Å². The van der Waals surface area contributed by atoms with Crippen molar-refractivity contribution >= 4 is 16.0 Å². The molecule has 1 heterocycles. The number of nitrogens with one attached hydrogen (secondary N) is 2. The first-order chi connectivity index (χ1) is 13.4. The molecule has 0 aliphatic rings. The molecule has 9 heteroatoms. The first-order valence-corrected chi connectivity index (χ1v) is 10.1. The molecule has 146 valence electrons. The van der Waals surface area contributed by atoms with Gasteiger partial charge in [-0.25, -0.2) is 18.2 Å². The van der Waals surface area contributed by atoms with E-state index in [4.69, 9.17) is 4.74 Å². The Morgan fingerprint density at radius 2 is 1.82 bits per heavy atom. The second-order valence-corrected chi connectivity index (χ2v) is 7.70. The van der Waals surface area contributed by atoms with Crippen LogP contribution in [0.3, 0.4) is 0 Å². The third kappa shape index (κ3) is 4.44. The molecular formula is C19H20N4O4S. The van der Waals surface area contributed by atoms with E-state index in [-0.39, 0.29) is 17.1 Å². The number of H-pyrrole nitrogens is 1. The number of aromatic amines is 1. The Morgan fingerprint density at radius 3 is 2.39 bits per heavy atom. The number of nitrogens with zero attached hydrogens (tertiary/aromatic N) is 2. The zero-order valence-corrected chi connectivity index (χ0v) is 16.2. The van der Waals surface area contributed by atoms with Gasteiger partial charge in [-0.3, -0.25) is 5.10 Å². The standard InChI is InChI=1S/C19H20N4O4S/c1-3-27-19(24)15-9-11-16(12-10-15)28(25,26)23-17(14-7-5-4-6-8-14)18-20-13(2)21-22-18/h4-12,17,23H,3H2,1-2H3,(H,20,21,22). The van der Waals surface area contributed by atoms with Crippen LogP contribution in [0.4, 0.5) is 0 Å². The van der Waals surface area contributed by atoms with Gasteiger partial charge in [-0.15, -0.1) is 0 Å². The maximum Gasteiger partial charge on any atom is 0.338 e. The first-order valence-electron chi connectivity index (χ1n) is 8.64. The molecule has 0 spiro atoms. The molecule has 28 heavy (non-hydrogen) atoms. The highest BCUT2D eigenvalue weighted by atomic mass is 32.2. The number of sulfonamides is 1. The van der Waals surface area contributed by atoms with Gasteiger partial charge in [0.2, 0.25) is 10.0 Å². The van der Waals surface area contributed by atoms with E-state index in [0.717, 1.165) is 0 Å². The maximum absolute atomic E-state index is 12.9. The SMILES string of the molecule is CCOC(=O)c1ccc(S(=O)(=O)NC(c2ccccc2)c2n[nH]c(C)n2)cc1. The van der Waals surface area contributed by atoms with Crippen LogP contribution >= 0.6 is 0 Å². The molecule has 0 fully saturated rings. The molecule has 0 aliphatic carbocycles. The Labute approximate surface area is 163 Å². The Bertz CT molecular complexity index is 1050. The average Bonchev–Trinajstić information content (AvgIpc) is 3.13. The Kier molecular flexibility index (Phi) is 5.86. The number of aryl methyl sites for hydroxylation is 1. The van der Waals surface area contributed by atoms with Gasteiger partial charge in [0.1, 0.15) is 11.9 Å². The van der Waals surface area contributed by atoms with Gasteiger partial charge in [0.25, 0.3) is 0 Å². The van der Waals surface area contributed by atoms with Gasteiger partial charge in [0.05, 0.1) is 17.1 Å². The van der Waals surface area contributed by atoms with Crippen molar-refractivity contribution in [3.05, 3.63) is 77.4 Å². The van der Waals surface area contributed by atoms with Crippen molar-refractivity contribution in [3.8, 4) is 0 Å². The number of aromatic nitrogens is 3. The Balaban J connectivity index is 1.90. The van der Waals surface area contributed by atoms with E-state index in [1.54, 1.807) is 26.0 Å². The molecule has 0 radical (unpaired) electrons. The molecule has 8 nitrogen and oxygen atoms in total. The van der Waals surface area contributed by atoms with Gasteiger partial charge in [-0.1, -0.05) is 30.3 Å². The zero-order valence-electron chi connectivity index (χ0n) is 15.4. The third-order valence-electron chi connectivity index (χ3n) is 3.95. The molecule has 3 rings (SSSR count). The molecule has 2 N–H and O–H groups in total. The summed E-state index contributed by atoms with van der Waals surface area (Å²) in [7, 11) is -3.90. The molecule has 1 unspecified atom stereocenters.